The Bertz CT molecular complexity index is 1460. The first-order valence-corrected chi connectivity index (χ1v) is 10.6. The van der Waals surface area contributed by atoms with Crippen LogP contribution >= 0.6 is 11.6 Å². The first kappa shape index (κ1) is 20.1. The third kappa shape index (κ3) is 3.02. The number of hydrogen-bond acceptors (Lipinski definition) is 5. The Labute approximate surface area is 190 Å². The molecule has 5 rings (SSSR count). The van der Waals surface area contributed by atoms with Gasteiger partial charge in [0.25, 0.3) is 0 Å². The van der Waals surface area contributed by atoms with Gasteiger partial charge in [0.1, 0.15) is 16.8 Å². The molecule has 4 aromatic rings. The lowest BCUT2D eigenvalue weighted by molar-refractivity contribution is 0.367. The lowest BCUT2D eigenvalue weighted by Gasteiger charge is -2.25. The summed E-state index contributed by atoms with van der Waals surface area (Å²) >= 11 is 6.70. The van der Waals surface area contributed by atoms with E-state index in [1.807, 2.05) is 63.2 Å². The molecule has 158 valence electrons. The Hall–Kier alpha value is -3.82. The number of aromatic nitrogens is 3. The predicted octanol–water partition coefficient (Wildman–Crippen LogP) is 5.22. The molecule has 0 aliphatic carbocycles. The summed E-state index contributed by atoms with van der Waals surface area (Å²) < 4.78 is 7.64. The van der Waals surface area contributed by atoms with Crippen molar-refractivity contribution in [3.8, 4) is 17.6 Å². The number of allylic oxidation sites excluding steroid dienone is 1. The minimum absolute atomic E-state index is 0.0406. The summed E-state index contributed by atoms with van der Waals surface area (Å²) in [6.07, 6.45) is 0. The van der Waals surface area contributed by atoms with Crippen LogP contribution in [0.15, 0.2) is 60.0 Å². The molecule has 2 aromatic heterocycles. The fraction of sp³-hybridized carbons (Fsp3) is 0.160. The fourth-order valence-electron chi connectivity index (χ4n) is 4.39. The number of fused-ring (bicyclic) bond motifs is 2. The molecule has 0 amide bonds. The fourth-order valence-corrected chi connectivity index (χ4v) is 4.65. The molecular weight excluding hydrogens is 422 g/mol. The summed E-state index contributed by atoms with van der Waals surface area (Å²) in [7, 11) is 0. The van der Waals surface area contributed by atoms with Gasteiger partial charge in [-0.1, -0.05) is 35.9 Å². The predicted molar refractivity (Wildman–Crippen MR) is 124 cm³/mol. The van der Waals surface area contributed by atoms with Crippen molar-refractivity contribution in [2.45, 2.75) is 26.7 Å². The SMILES string of the molecule is Cc1cc(C)c2cc([C@H]3C(C#N)=C(N)Oc4c3c(C)nn4-c3ccccc3)c(Cl)nc2c1. The smallest absolute Gasteiger partial charge is 0.229 e. The van der Waals surface area contributed by atoms with Gasteiger partial charge in [-0.05, 0) is 56.2 Å². The minimum Gasteiger partial charge on any atom is -0.422 e. The molecule has 2 N–H and O–H groups in total. The zero-order chi connectivity index (χ0) is 22.6. The Morgan fingerprint density at radius 1 is 1.12 bits per heavy atom. The van der Waals surface area contributed by atoms with E-state index in [0.29, 0.717) is 22.2 Å². The van der Waals surface area contributed by atoms with Gasteiger partial charge in [-0.15, -0.1) is 0 Å². The molecule has 1 aliphatic heterocycles. The van der Waals surface area contributed by atoms with Crippen LogP contribution in [0.25, 0.3) is 16.6 Å². The van der Waals surface area contributed by atoms with Gasteiger partial charge in [0.2, 0.25) is 11.8 Å². The van der Waals surface area contributed by atoms with E-state index in [-0.39, 0.29) is 5.88 Å². The third-order valence-electron chi connectivity index (χ3n) is 5.81. The van der Waals surface area contributed by atoms with Gasteiger partial charge in [-0.3, -0.25) is 0 Å². The molecule has 1 aliphatic rings. The van der Waals surface area contributed by atoms with Crippen molar-refractivity contribution in [2.24, 2.45) is 5.73 Å². The highest BCUT2D eigenvalue weighted by atomic mass is 35.5. The van der Waals surface area contributed by atoms with Crippen molar-refractivity contribution in [3.05, 3.63) is 93.1 Å². The van der Waals surface area contributed by atoms with Crippen LogP contribution in [0.3, 0.4) is 0 Å². The first-order valence-electron chi connectivity index (χ1n) is 10.2. The van der Waals surface area contributed by atoms with E-state index in [9.17, 15) is 5.26 Å². The average Bonchev–Trinajstić information content (AvgIpc) is 3.09. The van der Waals surface area contributed by atoms with Gasteiger partial charge in [-0.2, -0.15) is 10.4 Å². The molecule has 0 saturated heterocycles. The molecule has 0 spiro atoms. The molecule has 7 heteroatoms. The molecule has 3 heterocycles. The minimum atomic E-state index is -0.536. The Balaban J connectivity index is 1.80. The summed E-state index contributed by atoms with van der Waals surface area (Å²) in [5, 5.41) is 16.0. The highest BCUT2D eigenvalue weighted by Gasteiger charge is 2.37. The van der Waals surface area contributed by atoms with Crippen molar-refractivity contribution in [1.29, 1.82) is 5.26 Å². The second-order valence-corrected chi connectivity index (χ2v) is 8.35. The van der Waals surface area contributed by atoms with E-state index in [4.69, 9.17) is 27.2 Å². The van der Waals surface area contributed by atoms with Crippen LogP contribution in [0.5, 0.6) is 5.88 Å². The van der Waals surface area contributed by atoms with Crippen LogP contribution in [0.4, 0.5) is 0 Å². The van der Waals surface area contributed by atoms with Gasteiger partial charge in [0.15, 0.2) is 0 Å². The van der Waals surface area contributed by atoms with Crippen LogP contribution in [-0.4, -0.2) is 14.8 Å². The number of benzene rings is 2. The van der Waals surface area contributed by atoms with Gasteiger partial charge >= 0.3 is 0 Å². The number of para-hydroxylation sites is 1. The number of pyridine rings is 1. The molecule has 0 fully saturated rings. The van der Waals surface area contributed by atoms with E-state index in [0.717, 1.165) is 39.0 Å². The molecular formula is C25H20ClN5O. The maximum atomic E-state index is 9.97. The van der Waals surface area contributed by atoms with E-state index < -0.39 is 5.92 Å². The largest absolute Gasteiger partial charge is 0.422 e. The van der Waals surface area contributed by atoms with Crippen molar-refractivity contribution in [1.82, 2.24) is 14.8 Å². The third-order valence-corrected chi connectivity index (χ3v) is 6.11. The normalized spacial score (nSPS) is 15.4. The number of ether oxygens (including phenoxy) is 1. The van der Waals surface area contributed by atoms with E-state index >= 15 is 0 Å². The topological polar surface area (TPSA) is 89.8 Å². The number of nitriles is 1. The van der Waals surface area contributed by atoms with Crippen LogP contribution in [0.2, 0.25) is 5.15 Å². The molecule has 0 unspecified atom stereocenters. The van der Waals surface area contributed by atoms with Crippen LogP contribution in [0, 0.1) is 32.1 Å². The van der Waals surface area contributed by atoms with Crippen molar-refractivity contribution >= 4 is 22.5 Å². The second kappa shape index (κ2) is 7.40. The quantitative estimate of drug-likeness (QED) is 0.431. The summed E-state index contributed by atoms with van der Waals surface area (Å²) in [6, 6.07) is 18.0. The summed E-state index contributed by atoms with van der Waals surface area (Å²) in [5.74, 6) is -0.0165. The standard InChI is InChI=1S/C25H20ClN5O/c1-13-9-14(2)17-11-18(23(26)29-20(17)10-13)22-19(12-27)24(28)32-25-21(22)15(3)30-31(25)16-7-5-4-6-8-16/h4-11,22H,28H2,1-3H3/t22-/m0/s1. The van der Waals surface area contributed by atoms with Crippen molar-refractivity contribution < 1.29 is 4.74 Å². The number of halogens is 1. The number of nitrogens with zero attached hydrogens (tertiary/aromatic N) is 4. The molecule has 0 radical (unpaired) electrons. The highest BCUT2D eigenvalue weighted by molar-refractivity contribution is 6.30. The number of nitrogens with two attached hydrogens (primary N) is 1. The maximum absolute atomic E-state index is 9.97. The molecule has 32 heavy (non-hydrogen) atoms. The second-order valence-electron chi connectivity index (χ2n) is 7.99. The Kier molecular flexibility index (Phi) is 4.65. The van der Waals surface area contributed by atoms with E-state index in [2.05, 4.69) is 17.1 Å². The number of hydrogen-bond donors (Lipinski definition) is 1. The van der Waals surface area contributed by atoms with Gasteiger partial charge in [0.05, 0.1) is 28.4 Å². The maximum Gasteiger partial charge on any atom is 0.229 e. The zero-order valence-corrected chi connectivity index (χ0v) is 18.6. The van der Waals surface area contributed by atoms with Gasteiger partial charge < -0.3 is 10.5 Å². The average molecular weight is 442 g/mol. The summed E-state index contributed by atoms with van der Waals surface area (Å²) in [4.78, 5) is 4.66. The monoisotopic (exact) mass is 441 g/mol. The summed E-state index contributed by atoms with van der Waals surface area (Å²) in [5.41, 5.74) is 12.6. The summed E-state index contributed by atoms with van der Waals surface area (Å²) in [6.45, 7) is 5.96. The van der Waals surface area contributed by atoms with Gasteiger partial charge in [0, 0.05) is 10.9 Å². The molecule has 0 saturated carbocycles. The lowest BCUT2D eigenvalue weighted by Crippen LogP contribution is -2.22. The van der Waals surface area contributed by atoms with Crippen LogP contribution < -0.4 is 10.5 Å². The van der Waals surface area contributed by atoms with Crippen LogP contribution in [-0.2, 0) is 0 Å². The molecule has 1 atom stereocenters. The van der Waals surface area contributed by atoms with Crippen molar-refractivity contribution in [3.63, 3.8) is 0 Å². The van der Waals surface area contributed by atoms with E-state index in [1.165, 1.54) is 0 Å². The zero-order valence-electron chi connectivity index (χ0n) is 17.8. The Morgan fingerprint density at radius 3 is 2.59 bits per heavy atom. The first-order chi connectivity index (χ1) is 15.4. The number of rotatable bonds is 2. The molecule has 0 bridgehead atoms. The van der Waals surface area contributed by atoms with Gasteiger partial charge in [-0.25, -0.2) is 9.67 Å². The molecule has 6 nitrogen and oxygen atoms in total. The Morgan fingerprint density at radius 2 is 1.88 bits per heavy atom. The van der Waals surface area contributed by atoms with Crippen LogP contribution in [0.1, 0.15) is 33.9 Å². The van der Waals surface area contributed by atoms with E-state index in [1.54, 1.807) is 4.68 Å². The molecule has 2 aromatic carbocycles. The van der Waals surface area contributed by atoms with Crippen molar-refractivity contribution in [2.75, 3.05) is 0 Å². The lowest BCUT2D eigenvalue weighted by atomic mass is 9.84. The number of aryl methyl sites for hydroxylation is 3. The highest BCUT2D eigenvalue weighted by Crippen LogP contribution is 2.46.